The molecule has 2 aliphatic heterocycles. The van der Waals surface area contributed by atoms with Crippen LogP contribution >= 0.6 is 0 Å². The first-order chi connectivity index (χ1) is 13.2. The number of hydrogen-bond acceptors (Lipinski definition) is 4. The van der Waals surface area contributed by atoms with Gasteiger partial charge in [0.25, 0.3) is 0 Å². The largest absolute Gasteiger partial charge is 0.504 e. The fourth-order valence-corrected chi connectivity index (χ4v) is 5.97. The predicted octanol–water partition coefficient (Wildman–Crippen LogP) is 2.51. The number of hydrogen-bond donors (Lipinski definition) is 2. The van der Waals surface area contributed by atoms with Gasteiger partial charge < -0.3 is 14.9 Å². The van der Waals surface area contributed by atoms with Crippen LogP contribution in [0.5, 0.6) is 11.5 Å². The van der Waals surface area contributed by atoms with Crippen LogP contribution in [0, 0.1) is 5.89 Å². The molecule has 4 nitrogen and oxygen atoms in total. The van der Waals surface area contributed by atoms with E-state index < -0.39 is 35.6 Å². The lowest BCUT2D eigenvalue weighted by Crippen LogP contribution is -2.75. The molecule has 2 saturated carbocycles. The van der Waals surface area contributed by atoms with E-state index in [2.05, 4.69) is 6.58 Å². The second-order valence-corrected chi connectivity index (χ2v) is 8.38. The summed E-state index contributed by atoms with van der Waals surface area (Å²) < 4.78 is 32.3. The monoisotopic (exact) mass is 342 g/mol. The third-order valence-electron chi connectivity index (χ3n) is 7.21. The summed E-state index contributed by atoms with van der Waals surface area (Å²) in [7, 11) is 0. The molecular weight excluding hydrogens is 314 g/mol. The standard InChI is InChI=1S/C21H25NO3/c1-12-6-7-21(24)16-10-14-4-5-15(23)18-17(14)20(21,19(12)25-18)8-9-22(16)11-13-2-3-13/h4-5,13,16,19,23-24H,1-3,6-11H2/i11D2,13D. The number of nitrogens with zero attached hydrogens (tertiary/aromatic N) is 1. The average molecular weight is 342 g/mol. The summed E-state index contributed by atoms with van der Waals surface area (Å²) in [5.74, 6) is -0.520. The van der Waals surface area contributed by atoms with Crippen molar-refractivity contribution in [1.82, 2.24) is 4.90 Å². The maximum Gasteiger partial charge on any atom is 0.166 e. The molecule has 3 fully saturated rings. The van der Waals surface area contributed by atoms with Gasteiger partial charge in [0.05, 0.1) is 11.0 Å². The van der Waals surface area contributed by atoms with Crippen molar-refractivity contribution in [1.29, 1.82) is 0 Å². The van der Waals surface area contributed by atoms with E-state index in [1.165, 1.54) is 0 Å². The first kappa shape index (κ1) is 12.0. The maximum absolute atomic E-state index is 12.2. The van der Waals surface area contributed by atoms with Crippen LogP contribution in [0.25, 0.3) is 0 Å². The van der Waals surface area contributed by atoms with Crippen LogP contribution in [0.4, 0.5) is 0 Å². The molecule has 5 aliphatic rings. The molecule has 4 unspecified atom stereocenters. The van der Waals surface area contributed by atoms with Gasteiger partial charge in [0.2, 0.25) is 0 Å². The van der Waals surface area contributed by atoms with Crippen molar-refractivity contribution in [3.63, 3.8) is 0 Å². The normalized spacial score (nSPS) is 45.0. The minimum absolute atomic E-state index is 0.0944. The van der Waals surface area contributed by atoms with Crippen LogP contribution in [0.15, 0.2) is 24.3 Å². The van der Waals surface area contributed by atoms with E-state index in [9.17, 15) is 10.2 Å². The SMILES string of the molecule is [2H]C1(C([2H])([2H])N2CCC34c5c6ccc(O)c5OC3C(=C)CCC4(O)C2C6)CC1. The first-order valence-corrected chi connectivity index (χ1v) is 9.34. The van der Waals surface area contributed by atoms with Gasteiger partial charge in [0.15, 0.2) is 11.5 Å². The first-order valence-electron chi connectivity index (χ1n) is 10.8. The third kappa shape index (κ3) is 1.57. The highest BCUT2D eigenvalue weighted by Crippen LogP contribution is 2.66. The summed E-state index contributed by atoms with van der Waals surface area (Å²) in [5, 5.41) is 22.6. The molecule has 132 valence electrons. The van der Waals surface area contributed by atoms with Crippen LogP contribution in [-0.4, -0.2) is 45.9 Å². The summed E-state index contributed by atoms with van der Waals surface area (Å²) >= 11 is 0. The lowest BCUT2D eigenvalue weighted by atomic mass is 9.48. The Morgan fingerprint density at radius 3 is 3.04 bits per heavy atom. The zero-order chi connectivity index (χ0) is 19.7. The minimum atomic E-state index is -1.78. The molecule has 1 spiro atoms. The highest BCUT2D eigenvalue weighted by Gasteiger charge is 2.71. The Bertz CT molecular complexity index is 930. The summed E-state index contributed by atoms with van der Waals surface area (Å²) in [6.45, 7) is 2.89. The summed E-state index contributed by atoms with van der Waals surface area (Å²) in [5.41, 5.74) is 0.990. The number of phenols is 1. The molecule has 0 amide bonds. The lowest BCUT2D eigenvalue weighted by Gasteiger charge is -2.63. The Labute approximate surface area is 152 Å². The number of benzene rings is 1. The van der Waals surface area contributed by atoms with Gasteiger partial charge in [-0.3, -0.25) is 4.90 Å². The van der Waals surface area contributed by atoms with Gasteiger partial charge in [0.1, 0.15) is 6.10 Å². The molecule has 2 N–H and O–H groups in total. The minimum Gasteiger partial charge on any atom is -0.504 e. The molecule has 6 rings (SSSR count). The highest BCUT2D eigenvalue weighted by atomic mass is 16.5. The predicted molar refractivity (Wildman–Crippen MR) is 93.9 cm³/mol. The molecule has 2 heterocycles. The van der Waals surface area contributed by atoms with Gasteiger partial charge in [-0.2, -0.15) is 0 Å². The Hall–Kier alpha value is -1.52. The number of piperidine rings is 1. The van der Waals surface area contributed by atoms with E-state index in [-0.39, 0.29) is 5.75 Å². The number of likely N-dealkylation sites (tertiary alicyclic amines) is 1. The molecule has 3 aliphatic carbocycles. The summed E-state index contributed by atoms with van der Waals surface area (Å²) in [4.78, 5) is 1.77. The Kier molecular flexibility index (Phi) is 2.11. The fraction of sp³-hybridized carbons (Fsp3) is 0.619. The van der Waals surface area contributed by atoms with Crippen LogP contribution in [0.2, 0.25) is 0 Å². The molecule has 25 heavy (non-hydrogen) atoms. The molecule has 2 bridgehead atoms. The van der Waals surface area contributed by atoms with Gasteiger partial charge >= 0.3 is 0 Å². The second-order valence-electron chi connectivity index (χ2n) is 8.38. The van der Waals surface area contributed by atoms with Crippen LogP contribution in [-0.2, 0) is 11.8 Å². The van der Waals surface area contributed by atoms with Crippen LogP contribution < -0.4 is 4.74 Å². The van der Waals surface area contributed by atoms with Crippen LogP contribution in [0.3, 0.4) is 0 Å². The van der Waals surface area contributed by atoms with Gasteiger partial charge in [-0.25, -0.2) is 0 Å². The van der Waals surface area contributed by atoms with E-state index in [1.807, 2.05) is 6.07 Å². The Morgan fingerprint density at radius 2 is 2.24 bits per heavy atom. The molecule has 4 heteroatoms. The van der Waals surface area contributed by atoms with E-state index in [4.69, 9.17) is 8.85 Å². The zero-order valence-corrected chi connectivity index (χ0v) is 14.2. The van der Waals surface area contributed by atoms with E-state index in [0.29, 0.717) is 50.8 Å². The number of ether oxygens (including phenoxy) is 1. The smallest absolute Gasteiger partial charge is 0.166 e. The zero-order valence-electron chi connectivity index (χ0n) is 17.2. The molecular formula is C21H25NO3. The molecule has 1 saturated heterocycles. The van der Waals surface area contributed by atoms with Gasteiger partial charge in [-0.1, -0.05) is 12.6 Å². The van der Waals surface area contributed by atoms with Crippen molar-refractivity contribution in [2.75, 3.05) is 13.0 Å². The molecule has 1 aromatic rings. The van der Waals surface area contributed by atoms with E-state index >= 15 is 0 Å². The Balaban J connectivity index is 1.58. The van der Waals surface area contributed by atoms with Crippen molar-refractivity contribution >= 4 is 0 Å². The van der Waals surface area contributed by atoms with Crippen molar-refractivity contribution in [2.24, 2.45) is 5.89 Å². The number of rotatable bonds is 2. The van der Waals surface area contributed by atoms with Gasteiger partial charge in [-0.15, -0.1) is 0 Å². The third-order valence-corrected chi connectivity index (χ3v) is 7.21. The number of phenolic OH excluding ortho intramolecular Hbond substituents is 1. The summed E-state index contributed by atoms with van der Waals surface area (Å²) in [6.07, 6.45) is 2.87. The van der Waals surface area contributed by atoms with E-state index in [0.717, 1.165) is 16.7 Å². The fourth-order valence-electron chi connectivity index (χ4n) is 5.97. The van der Waals surface area contributed by atoms with Crippen molar-refractivity contribution < 1.29 is 19.1 Å². The van der Waals surface area contributed by atoms with E-state index in [1.54, 1.807) is 11.0 Å². The second kappa shape index (κ2) is 4.41. The van der Waals surface area contributed by atoms with Gasteiger partial charge in [0, 0.05) is 22.2 Å². The average Bonchev–Trinajstić information content (AvgIpc) is 3.29. The molecule has 4 atom stereocenters. The van der Waals surface area contributed by atoms with Crippen molar-refractivity contribution in [2.45, 2.75) is 61.7 Å². The number of aromatic hydroxyl groups is 1. The highest BCUT2D eigenvalue weighted by molar-refractivity contribution is 5.63. The quantitative estimate of drug-likeness (QED) is 0.811. The summed E-state index contributed by atoms with van der Waals surface area (Å²) in [6, 6.07) is 3.11. The van der Waals surface area contributed by atoms with Crippen molar-refractivity contribution in [3.05, 3.63) is 35.4 Å². The topological polar surface area (TPSA) is 52.9 Å². The number of aliphatic hydroxyl groups is 1. The molecule has 1 aromatic carbocycles. The molecule has 0 aromatic heterocycles. The van der Waals surface area contributed by atoms with Crippen molar-refractivity contribution in [3.8, 4) is 11.5 Å². The maximum atomic E-state index is 12.2. The Morgan fingerprint density at radius 1 is 1.40 bits per heavy atom. The molecule has 0 radical (unpaired) electrons. The lowest BCUT2D eigenvalue weighted by molar-refractivity contribution is -0.174. The van der Waals surface area contributed by atoms with Crippen LogP contribution in [0.1, 0.15) is 47.3 Å². The van der Waals surface area contributed by atoms with Gasteiger partial charge in [-0.05, 0) is 68.2 Å².